The Balaban J connectivity index is 1.58. The van der Waals surface area contributed by atoms with Gasteiger partial charge in [-0.1, -0.05) is 30.9 Å². The van der Waals surface area contributed by atoms with Crippen molar-refractivity contribution < 1.29 is 0 Å². The van der Waals surface area contributed by atoms with Crippen molar-refractivity contribution in [1.29, 1.82) is 0 Å². The van der Waals surface area contributed by atoms with Crippen LogP contribution in [0.5, 0.6) is 0 Å². The first-order valence-corrected chi connectivity index (χ1v) is 8.62. The van der Waals surface area contributed by atoms with E-state index in [9.17, 15) is 0 Å². The number of rotatable bonds is 2. The van der Waals surface area contributed by atoms with Gasteiger partial charge in [0.1, 0.15) is 0 Å². The van der Waals surface area contributed by atoms with Crippen molar-refractivity contribution in [2.24, 2.45) is 5.73 Å². The Morgan fingerprint density at radius 1 is 0.905 bits per heavy atom. The summed E-state index contributed by atoms with van der Waals surface area (Å²) in [6.45, 7) is 4.43. The van der Waals surface area contributed by atoms with E-state index in [1.165, 1.54) is 37.8 Å². The van der Waals surface area contributed by atoms with Gasteiger partial charge < -0.3 is 10.6 Å². The summed E-state index contributed by atoms with van der Waals surface area (Å²) < 4.78 is 0. The molecule has 3 nitrogen and oxygen atoms in total. The molecule has 1 heterocycles. The zero-order valence-electron chi connectivity index (χ0n) is 12.7. The van der Waals surface area contributed by atoms with Crippen LogP contribution in [0.2, 0.25) is 5.02 Å². The van der Waals surface area contributed by atoms with Crippen molar-refractivity contribution in [2.75, 3.05) is 31.1 Å². The zero-order valence-corrected chi connectivity index (χ0v) is 13.4. The molecule has 2 fully saturated rings. The molecule has 0 radical (unpaired) electrons. The summed E-state index contributed by atoms with van der Waals surface area (Å²) in [6.07, 6.45) is 6.48. The number of piperazine rings is 1. The average Bonchev–Trinajstić information content (AvgIpc) is 2.73. The monoisotopic (exact) mass is 307 g/mol. The van der Waals surface area contributed by atoms with Crippen LogP contribution in [-0.2, 0) is 0 Å². The van der Waals surface area contributed by atoms with Crippen molar-refractivity contribution in [2.45, 2.75) is 44.2 Å². The molecule has 1 aromatic carbocycles. The number of nitrogens with zero attached hydrogens (tertiary/aromatic N) is 2. The zero-order chi connectivity index (χ0) is 14.7. The van der Waals surface area contributed by atoms with Crippen LogP contribution < -0.4 is 10.6 Å². The van der Waals surface area contributed by atoms with Gasteiger partial charge in [-0.05, 0) is 37.1 Å². The maximum Gasteiger partial charge on any atom is 0.0407 e. The molecule has 1 saturated carbocycles. The lowest BCUT2D eigenvalue weighted by molar-refractivity contribution is 0.154. The maximum atomic E-state index is 6.40. The second-order valence-corrected chi connectivity index (χ2v) is 6.81. The predicted octanol–water partition coefficient (Wildman–Crippen LogP) is 3.12. The van der Waals surface area contributed by atoms with Crippen molar-refractivity contribution in [1.82, 2.24) is 4.90 Å². The molecule has 4 heteroatoms. The van der Waals surface area contributed by atoms with Crippen LogP contribution in [0.3, 0.4) is 0 Å². The van der Waals surface area contributed by atoms with Gasteiger partial charge in [0.15, 0.2) is 0 Å². The van der Waals surface area contributed by atoms with Gasteiger partial charge in [0.2, 0.25) is 0 Å². The smallest absolute Gasteiger partial charge is 0.0407 e. The lowest BCUT2D eigenvalue weighted by Gasteiger charge is -2.42. The first-order chi connectivity index (χ1) is 10.2. The minimum absolute atomic E-state index is 0.370. The Morgan fingerprint density at radius 2 is 1.57 bits per heavy atom. The van der Waals surface area contributed by atoms with Gasteiger partial charge in [-0.15, -0.1) is 0 Å². The van der Waals surface area contributed by atoms with Crippen LogP contribution in [0.15, 0.2) is 24.3 Å². The van der Waals surface area contributed by atoms with E-state index >= 15 is 0 Å². The Kier molecular flexibility index (Phi) is 5.04. The SMILES string of the molecule is NC1CCCCCC1N1CCN(c2ccc(Cl)cc2)CC1. The molecule has 0 spiro atoms. The number of benzene rings is 1. The van der Waals surface area contributed by atoms with Crippen LogP contribution in [0, 0.1) is 0 Å². The van der Waals surface area contributed by atoms with Crippen LogP contribution >= 0.6 is 11.6 Å². The molecule has 1 aliphatic carbocycles. The van der Waals surface area contributed by atoms with Gasteiger partial charge in [0.25, 0.3) is 0 Å². The van der Waals surface area contributed by atoms with Gasteiger partial charge in [-0.3, -0.25) is 4.90 Å². The van der Waals surface area contributed by atoms with Crippen LogP contribution in [0.1, 0.15) is 32.1 Å². The van der Waals surface area contributed by atoms with E-state index in [1.54, 1.807) is 0 Å². The Morgan fingerprint density at radius 3 is 2.29 bits per heavy atom. The van der Waals surface area contributed by atoms with E-state index in [0.717, 1.165) is 31.2 Å². The van der Waals surface area contributed by atoms with E-state index in [1.807, 2.05) is 12.1 Å². The predicted molar refractivity (Wildman–Crippen MR) is 90.1 cm³/mol. The highest BCUT2D eigenvalue weighted by molar-refractivity contribution is 6.30. The number of hydrogen-bond donors (Lipinski definition) is 1. The molecule has 0 bridgehead atoms. The average molecular weight is 308 g/mol. The standard InChI is InChI=1S/C17H26ClN3/c18-14-6-8-15(9-7-14)20-10-12-21(13-11-20)17-5-3-1-2-4-16(17)19/h6-9,16-17H,1-5,10-13,19H2. The van der Waals surface area contributed by atoms with Crippen molar-refractivity contribution >= 4 is 17.3 Å². The van der Waals surface area contributed by atoms with E-state index in [-0.39, 0.29) is 0 Å². The lowest BCUT2D eigenvalue weighted by atomic mass is 10.0. The number of halogens is 1. The van der Waals surface area contributed by atoms with E-state index in [2.05, 4.69) is 21.9 Å². The van der Waals surface area contributed by atoms with Gasteiger partial charge in [-0.2, -0.15) is 0 Å². The van der Waals surface area contributed by atoms with Crippen LogP contribution in [0.4, 0.5) is 5.69 Å². The van der Waals surface area contributed by atoms with Crippen LogP contribution in [0.25, 0.3) is 0 Å². The highest BCUT2D eigenvalue weighted by Crippen LogP contribution is 2.24. The highest BCUT2D eigenvalue weighted by atomic mass is 35.5. The summed E-state index contributed by atoms with van der Waals surface area (Å²) in [5, 5.41) is 0.807. The molecule has 1 aromatic rings. The largest absolute Gasteiger partial charge is 0.369 e. The summed E-state index contributed by atoms with van der Waals surface area (Å²) in [4.78, 5) is 5.08. The minimum Gasteiger partial charge on any atom is -0.369 e. The topological polar surface area (TPSA) is 32.5 Å². The second-order valence-electron chi connectivity index (χ2n) is 6.37. The Hall–Kier alpha value is -0.770. The fourth-order valence-corrected chi connectivity index (χ4v) is 3.86. The Bertz CT molecular complexity index is 440. The lowest BCUT2D eigenvalue weighted by Crippen LogP contribution is -2.55. The van der Waals surface area contributed by atoms with Gasteiger partial charge in [0, 0.05) is 49.0 Å². The molecule has 2 N–H and O–H groups in total. The van der Waals surface area contributed by atoms with E-state index in [0.29, 0.717) is 12.1 Å². The number of nitrogens with two attached hydrogens (primary N) is 1. The van der Waals surface area contributed by atoms with Crippen LogP contribution in [-0.4, -0.2) is 43.2 Å². The summed E-state index contributed by atoms with van der Waals surface area (Å²) >= 11 is 5.97. The first kappa shape index (κ1) is 15.1. The molecule has 116 valence electrons. The molecule has 1 saturated heterocycles. The molecule has 1 aliphatic heterocycles. The fraction of sp³-hybridized carbons (Fsp3) is 0.647. The Labute approximate surface area is 133 Å². The maximum absolute atomic E-state index is 6.40. The third-order valence-electron chi connectivity index (χ3n) is 5.01. The molecular formula is C17H26ClN3. The summed E-state index contributed by atoms with van der Waals surface area (Å²) in [5.41, 5.74) is 7.68. The van der Waals surface area contributed by atoms with Gasteiger partial charge >= 0.3 is 0 Å². The highest BCUT2D eigenvalue weighted by Gasteiger charge is 2.29. The summed E-state index contributed by atoms with van der Waals surface area (Å²) in [6, 6.07) is 9.16. The van der Waals surface area contributed by atoms with Crippen molar-refractivity contribution in [3.8, 4) is 0 Å². The summed E-state index contributed by atoms with van der Waals surface area (Å²) in [5.74, 6) is 0. The third-order valence-corrected chi connectivity index (χ3v) is 5.26. The number of hydrogen-bond acceptors (Lipinski definition) is 3. The molecule has 3 rings (SSSR count). The second kappa shape index (κ2) is 6.99. The van der Waals surface area contributed by atoms with Crippen molar-refractivity contribution in [3.63, 3.8) is 0 Å². The minimum atomic E-state index is 0.370. The van der Waals surface area contributed by atoms with Crippen molar-refractivity contribution in [3.05, 3.63) is 29.3 Å². The molecule has 2 aliphatic rings. The van der Waals surface area contributed by atoms with Gasteiger partial charge in [0.05, 0.1) is 0 Å². The van der Waals surface area contributed by atoms with Gasteiger partial charge in [-0.25, -0.2) is 0 Å². The molecule has 2 unspecified atom stereocenters. The first-order valence-electron chi connectivity index (χ1n) is 8.24. The van der Waals surface area contributed by atoms with E-state index < -0.39 is 0 Å². The molecule has 0 aromatic heterocycles. The third kappa shape index (κ3) is 3.71. The summed E-state index contributed by atoms with van der Waals surface area (Å²) in [7, 11) is 0. The molecule has 21 heavy (non-hydrogen) atoms. The fourth-order valence-electron chi connectivity index (χ4n) is 3.73. The molecule has 0 amide bonds. The molecule has 2 atom stereocenters. The van der Waals surface area contributed by atoms with E-state index in [4.69, 9.17) is 17.3 Å². The number of anilines is 1. The quantitative estimate of drug-likeness (QED) is 0.852. The molecular weight excluding hydrogens is 282 g/mol. The normalized spacial score (nSPS) is 28.4.